The molecule has 0 aromatic rings. The fourth-order valence-electron chi connectivity index (χ4n) is 3.37. The molecule has 1 saturated heterocycles. The molecular formula is C17H31NO. The molecule has 1 aliphatic rings. The van der Waals surface area contributed by atoms with E-state index in [2.05, 4.69) is 34.3 Å². The molecule has 0 aromatic heterocycles. The molecule has 1 heterocycles. The smallest absolute Gasteiger partial charge is 0.226 e. The standard InChI is InChI=1S/C17H31NO/c1-6-17(5)11-8-9-13-18(7-2)15(19)10-12-16(3,4)14-17/h7H,2,6,8-14H2,1,3-5H3. The summed E-state index contributed by atoms with van der Waals surface area (Å²) in [6.07, 6.45) is 9.35. The first-order chi connectivity index (χ1) is 8.82. The van der Waals surface area contributed by atoms with Crippen molar-refractivity contribution in [1.29, 1.82) is 0 Å². The van der Waals surface area contributed by atoms with E-state index >= 15 is 0 Å². The van der Waals surface area contributed by atoms with Gasteiger partial charge in [0.1, 0.15) is 0 Å². The van der Waals surface area contributed by atoms with Crippen molar-refractivity contribution in [3.8, 4) is 0 Å². The molecule has 1 amide bonds. The fourth-order valence-corrected chi connectivity index (χ4v) is 3.37. The zero-order valence-electron chi connectivity index (χ0n) is 13.3. The molecule has 0 N–H and O–H groups in total. The Morgan fingerprint density at radius 2 is 1.95 bits per heavy atom. The van der Waals surface area contributed by atoms with Crippen LogP contribution in [0.5, 0.6) is 0 Å². The quantitative estimate of drug-likeness (QED) is 0.705. The Labute approximate surface area is 119 Å². The molecule has 0 aromatic carbocycles. The highest BCUT2D eigenvalue weighted by atomic mass is 16.2. The van der Waals surface area contributed by atoms with E-state index in [1.165, 1.54) is 25.7 Å². The highest BCUT2D eigenvalue weighted by Crippen LogP contribution is 2.42. The van der Waals surface area contributed by atoms with Gasteiger partial charge in [-0.2, -0.15) is 0 Å². The van der Waals surface area contributed by atoms with Crippen molar-refractivity contribution in [3.05, 3.63) is 12.8 Å². The van der Waals surface area contributed by atoms with Crippen molar-refractivity contribution in [2.75, 3.05) is 6.54 Å². The Morgan fingerprint density at radius 3 is 2.53 bits per heavy atom. The first kappa shape index (κ1) is 16.3. The summed E-state index contributed by atoms with van der Waals surface area (Å²) in [7, 11) is 0. The Bertz CT molecular complexity index is 321. The molecule has 1 aliphatic heterocycles. The molecule has 0 saturated carbocycles. The summed E-state index contributed by atoms with van der Waals surface area (Å²) in [6.45, 7) is 13.9. The predicted molar refractivity (Wildman–Crippen MR) is 81.8 cm³/mol. The van der Waals surface area contributed by atoms with E-state index in [1.807, 2.05) is 4.90 Å². The van der Waals surface area contributed by atoms with Gasteiger partial charge in [-0.05, 0) is 42.7 Å². The summed E-state index contributed by atoms with van der Waals surface area (Å²) in [5.41, 5.74) is 0.674. The Morgan fingerprint density at radius 1 is 1.26 bits per heavy atom. The van der Waals surface area contributed by atoms with Gasteiger partial charge in [-0.3, -0.25) is 4.79 Å². The summed E-state index contributed by atoms with van der Waals surface area (Å²) >= 11 is 0. The van der Waals surface area contributed by atoms with E-state index in [0.29, 0.717) is 11.8 Å². The van der Waals surface area contributed by atoms with Crippen LogP contribution in [-0.2, 0) is 4.79 Å². The molecule has 0 bridgehead atoms. The van der Waals surface area contributed by atoms with Crippen LogP contribution in [0.15, 0.2) is 12.8 Å². The van der Waals surface area contributed by atoms with Gasteiger partial charge in [0, 0.05) is 13.0 Å². The first-order valence-electron chi connectivity index (χ1n) is 7.74. The second kappa shape index (κ2) is 6.58. The zero-order chi connectivity index (χ0) is 14.5. The van der Waals surface area contributed by atoms with Crippen LogP contribution in [0.3, 0.4) is 0 Å². The third-order valence-corrected chi connectivity index (χ3v) is 4.74. The van der Waals surface area contributed by atoms with E-state index in [4.69, 9.17) is 0 Å². The highest BCUT2D eigenvalue weighted by Gasteiger charge is 2.32. The summed E-state index contributed by atoms with van der Waals surface area (Å²) in [5.74, 6) is 0.239. The lowest BCUT2D eigenvalue weighted by atomic mass is 9.68. The van der Waals surface area contributed by atoms with Crippen LogP contribution in [0.4, 0.5) is 0 Å². The summed E-state index contributed by atoms with van der Waals surface area (Å²) in [5, 5.41) is 0. The molecule has 0 spiro atoms. The van der Waals surface area contributed by atoms with Crippen LogP contribution in [-0.4, -0.2) is 17.4 Å². The van der Waals surface area contributed by atoms with Gasteiger partial charge in [0.2, 0.25) is 5.91 Å². The van der Waals surface area contributed by atoms with E-state index in [-0.39, 0.29) is 11.3 Å². The molecule has 19 heavy (non-hydrogen) atoms. The first-order valence-corrected chi connectivity index (χ1v) is 7.74. The minimum atomic E-state index is 0.239. The van der Waals surface area contributed by atoms with Gasteiger partial charge in [-0.25, -0.2) is 0 Å². The van der Waals surface area contributed by atoms with Gasteiger partial charge in [0.25, 0.3) is 0 Å². The molecule has 1 atom stereocenters. The monoisotopic (exact) mass is 265 g/mol. The van der Waals surface area contributed by atoms with Crippen LogP contribution < -0.4 is 0 Å². The van der Waals surface area contributed by atoms with Crippen LogP contribution in [0.1, 0.15) is 72.6 Å². The third kappa shape index (κ3) is 5.00. The van der Waals surface area contributed by atoms with Crippen molar-refractivity contribution in [2.45, 2.75) is 72.6 Å². The number of carbonyl (C=O) groups excluding carboxylic acids is 1. The zero-order valence-corrected chi connectivity index (χ0v) is 13.3. The predicted octanol–water partition coefficient (Wildman–Crippen LogP) is 4.76. The topological polar surface area (TPSA) is 20.3 Å². The third-order valence-electron chi connectivity index (χ3n) is 4.74. The van der Waals surface area contributed by atoms with Gasteiger partial charge < -0.3 is 4.90 Å². The van der Waals surface area contributed by atoms with Crippen molar-refractivity contribution < 1.29 is 4.79 Å². The Kier molecular flexibility index (Phi) is 5.64. The average Bonchev–Trinajstić information content (AvgIpc) is 2.36. The van der Waals surface area contributed by atoms with E-state index in [0.717, 1.165) is 19.4 Å². The lowest BCUT2D eigenvalue weighted by Gasteiger charge is -2.37. The molecule has 1 unspecified atom stereocenters. The van der Waals surface area contributed by atoms with Crippen molar-refractivity contribution >= 4 is 5.91 Å². The molecule has 2 nitrogen and oxygen atoms in total. The van der Waals surface area contributed by atoms with Gasteiger partial charge in [0.15, 0.2) is 0 Å². The van der Waals surface area contributed by atoms with E-state index in [9.17, 15) is 4.79 Å². The second-order valence-electron chi connectivity index (χ2n) is 7.23. The Balaban J connectivity index is 2.82. The lowest BCUT2D eigenvalue weighted by molar-refractivity contribution is -0.129. The largest absolute Gasteiger partial charge is 0.320 e. The van der Waals surface area contributed by atoms with E-state index in [1.54, 1.807) is 6.20 Å². The summed E-state index contributed by atoms with van der Waals surface area (Å²) in [4.78, 5) is 14.0. The fraction of sp³-hybridized carbons (Fsp3) is 0.824. The average molecular weight is 265 g/mol. The molecule has 110 valence electrons. The van der Waals surface area contributed by atoms with Gasteiger partial charge in [0.05, 0.1) is 0 Å². The summed E-state index contributed by atoms with van der Waals surface area (Å²) < 4.78 is 0. The molecule has 0 radical (unpaired) electrons. The van der Waals surface area contributed by atoms with Crippen LogP contribution in [0.2, 0.25) is 0 Å². The van der Waals surface area contributed by atoms with Crippen LogP contribution in [0, 0.1) is 10.8 Å². The molecule has 1 rings (SSSR count). The number of hydrogen-bond donors (Lipinski definition) is 0. The molecule has 1 fully saturated rings. The maximum Gasteiger partial charge on any atom is 0.226 e. The molecule has 0 aliphatic carbocycles. The number of amides is 1. The minimum absolute atomic E-state index is 0.239. The van der Waals surface area contributed by atoms with Crippen molar-refractivity contribution in [2.24, 2.45) is 10.8 Å². The van der Waals surface area contributed by atoms with Gasteiger partial charge >= 0.3 is 0 Å². The number of carbonyl (C=O) groups is 1. The number of nitrogens with zero attached hydrogens (tertiary/aromatic N) is 1. The summed E-state index contributed by atoms with van der Waals surface area (Å²) in [6, 6.07) is 0. The molecular weight excluding hydrogens is 234 g/mol. The van der Waals surface area contributed by atoms with Crippen molar-refractivity contribution in [3.63, 3.8) is 0 Å². The van der Waals surface area contributed by atoms with Crippen LogP contribution in [0.25, 0.3) is 0 Å². The van der Waals surface area contributed by atoms with Crippen LogP contribution >= 0.6 is 0 Å². The minimum Gasteiger partial charge on any atom is -0.320 e. The Hall–Kier alpha value is -0.790. The lowest BCUT2D eigenvalue weighted by Crippen LogP contribution is -2.28. The number of rotatable bonds is 2. The van der Waals surface area contributed by atoms with Crippen molar-refractivity contribution in [1.82, 2.24) is 4.90 Å². The van der Waals surface area contributed by atoms with Gasteiger partial charge in [-0.15, -0.1) is 0 Å². The highest BCUT2D eigenvalue weighted by molar-refractivity contribution is 5.77. The van der Waals surface area contributed by atoms with E-state index < -0.39 is 0 Å². The number of hydrogen-bond acceptors (Lipinski definition) is 1. The second-order valence-corrected chi connectivity index (χ2v) is 7.23. The van der Waals surface area contributed by atoms with Gasteiger partial charge in [-0.1, -0.05) is 47.1 Å². The SMILES string of the molecule is C=CN1CCCCC(C)(CC)CC(C)(C)CCC1=O. The molecule has 2 heteroatoms. The maximum absolute atomic E-state index is 12.1. The maximum atomic E-state index is 12.1. The normalized spacial score (nSPS) is 29.7.